The van der Waals surface area contributed by atoms with Crippen molar-refractivity contribution < 1.29 is 19.1 Å². The molecule has 3 rings (SSSR count). The molecule has 0 spiro atoms. The summed E-state index contributed by atoms with van der Waals surface area (Å²) in [6.45, 7) is 0.255. The molecule has 1 heterocycles. The quantitative estimate of drug-likeness (QED) is 0.387. The highest BCUT2D eigenvalue weighted by molar-refractivity contribution is 5.97. The van der Waals surface area contributed by atoms with Crippen LogP contribution in [0.25, 0.3) is 0 Å². The van der Waals surface area contributed by atoms with E-state index in [0.717, 1.165) is 11.1 Å². The van der Waals surface area contributed by atoms with Gasteiger partial charge in [-0.15, -0.1) is 0 Å². The zero-order valence-corrected chi connectivity index (χ0v) is 16.9. The van der Waals surface area contributed by atoms with E-state index in [2.05, 4.69) is 20.9 Å². The van der Waals surface area contributed by atoms with Crippen LogP contribution in [0.1, 0.15) is 17.5 Å². The first-order chi connectivity index (χ1) is 15.0. The molecule has 0 aliphatic carbocycles. The Hall–Kier alpha value is -3.88. The Morgan fingerprint density at radius 3 is 2.19 bits per heavy atom. The van der Waals surface area contributed by atoms with Gasteiger partial charge in [-0.2, -0.15) is 0 Å². The molecular formula is C22H25N5O4. The zero-order chi connectivity index (χ0) is 22.1. The van der Waals surface area contributed by atoms with Gasteiger partial charge in [0.25, 0.3) is 0 Å². The number of hydrogen-bond acceptors (Lipinski definition) is 5. The molecule has 31 heavy (non-hydrogen) atoms. The van der Waals surface area contributed by atoms with Crippen LogP contribution in [0.3, 0.4) is 0 Å². The number of nitrogens with zero attached hydrogens (tertiary/aromatic N) is 1. The highest BCUT2D eigenvalue weighted by Crippen LogP contribution is 2.08. The topological polar surface area (TPSA) is 135 Å². The normalized spacial score (nSPS) is 18.6. The number of rotatable bonds is 7. The second kappa shape index (κ2) is 10.8. The molecule has 3 amide bonds. The molecule has 1 fully saturated rings. The lowest BCUT2D eigenvalue weighted by Crippen LogP contribution is -2.62. The van der Waals surface area contributed by atoms with Crippen LogP contribution in [-0.2, 0) is 27.4 Å². The van der Waals surface area contributed by atoms with E-state index in [1.807, 2.05) is 60.7 Å². The minimum absolute atomic E-state index is 0.110. The molecule has 0 saturated carbocycles. The number of carbonyl (C=O) groups is 3. The molecule has 9 nitrogen and oxygen atoms in total. The van der Waals surface area contributed by atoms with Crippen LogP contribution in [0.4, 0.5) is 4.79 Å². The van der Waals surface area contributed by atoms with Crippen LogP contribution >= 0.6 is 0 Å². The van der Waals surface area contributed by atoms with E-state index in [1.54, 1.807) is 0 Å². The maximum absolute atomic E-state index is 12.3. The molecule has 0 aromatic heterocycles. The van der Waals surface area contributed by atoms with Crippen molar-refractivity contribution in [2.75, 3.05) is 6.54 Å². The van der Waals surface area contributed by atoms with Crippen LogP contribution in [0.5, 0.6) is 0 Å². The van der Waals surface area contributed by atoms with Gasteiger partial charge in [-0.1, -0.05) is 60.7 Å². The van der Waals surface area contributed by atoms with Gasteiger partial charge in [-0.05, 0) is 17.5 Å². The second-order valence-corrected chi connectivity index (χ2v) is 7.05. The van der Waals surface area contributed by atoms with Crippen molar-refractivity contribution in [3.8, 4) is 0 Å². The number of benzene rings is 2. The number of ether oxygens (including phenoxy) is 1. The van der Waals surface area contributed by atoms with Gasteiger partial charge < -0.3 is 21.1 Å². The number of alkyl carbamates (subject to hydrolysis) is 1. The lowest BCUT2D eigenvalue weighted by Gasteiger charge is -2.29. The maximum atomic E-state index is 12.3. The molecule has 2 aromatic carbocycles. The summed E-state index contributed by atoms with van der Waals surface area (Å²) in [5, 5.41) is 7.78. The van der Waals surface area contributed by atoms with Crippen molar-refractivity contribution in [3.63, 3.8) is 0 Å². The smallest absolute Gasteiger partial charge is 0.414 e. The Morgan fingerprint density at radius 2 is 1.52 bits per heavy atom. The highest BCUT2D eigenvalue weighted by atomic mass is 16.5. The number of piperazine rings is 1. The lowest BCUT2D eigenvalue weighted by molar-refractivity contribution is -0.136. The summed E-state index contributed by atoms with van der Waals surface area (Å²) < 4.78 is 5.05. The van der Waals surface area contributed by atoms with Gasteiger partial charge in [0.05, 0.1) is 0 Å². The summed E-state index contributed by atoms with van der Waals surface area (Å²) in [5.74, 6) is -0.639. The van der Waals surface area contributed by atoms with Gasteiger partial charge >= 0.3 is 6.09 Å². The van der Waals surface area contributed by atoms with E-state index in [9.17, 15) is 14.4 Å². The predicted molar refractivity (Wildman–Crippen MR) is 115 cm³/mol. The number of carbonyl (C=O) groups excluding carboxylic acids is 3. The molecule has 2 atom stereocenters. The first kappa shape index (κ1) is 21.8. The lowest BCUT2D eigenvalue weighted by atomic mass is 10.0. The van der Waals surface area contributed by atoms with Gasteiger partial charge in [0.15, 0.2) is 5.96 Å². The second-order valence-electron chi connectivity index (χ2n) is 7.05. The van der Waals surface area contributed by atoms with Crippen LogP contribution in [0.15, 0.2) is 65.7 Å². The predicted octanol–water partition coefficient (Wildman–Crippen LogP) is 0.844. The summed E-state index contributed by atoms with van der Waals surface area (Å²) in [6, 6.07) is 17.4. The summed E-state index contributed by atoms with van der Waals surface area (Å²) in [5.41, 5.74) is 7.49. The fraction of sp³-hybridized carbons (Fsp3) is 0.273. The molecule has 2 aromatic rings. The first-order valence-electron chi connectivity index (χ1n) is 9.93. The van der Waals surface area contributed by atoms with E-state index in [1.165, 1.54) is 0 Å². The number of aliphatic imine (C=N–C) groups is 1. The Labute approximate surface area is 180 Å². The van der Waals surface area contributed by atoms with E-state index < -0.39 is 18.2 Å². The van der Waals surface area contributed by atoms with Crippen LogP contribution in [0.2, 0.25) is 0 Å². The van der Waals surface area contributed by atoms with Gasteiger partial charge in [0.1, 0.15) is 18.7 Å². The third-order valence-electron chi connectivity index (χ3n) is 4.69. The molecule has 0 radical (unpaired) electrons. The molecule has 5 N–H and O–H groups in total. The average molecular weight is 423 g/mol. The number of amides is 3. The van der Waals surface area contributed by atoms with Crippen LogP contribution in [0, 0.1) is 0 Å². The average Bonchev–Trinajstić information content (AvgIpc) is 2.77. The molecule has 162 valence electrons. The van der Waals surface area contributed by atoms with Crippen molar-refractivity contribution in [2.45, 2.75) is 31.5 Å². The first-order valence-corrected chi connectivity index (χ1v) is 9.93. The van der Waals surface area contributed by atoms with Gasteiger partial charge in [0.2, 0.25) is 11.8 Å². The van der Waals surface area contributed by atoms with E-state index in [4.69, 9.17) is 10.5 Å². The molecule has 1 aliphatic heterocycles. The molecule has 0 unspecified atom stereocenters. The van der Waals surface area contributed by atoms with Gasteiger partial charge in [0, 0.05) is 13.0 Å². The van der Waals surface area contributed by atoms with Crippen molar-refractivity contribution in [2.24, 2.45) is 10.7 Å². The third kappa shape index (κ3) is 6.84. The summed E-state index contributed by atoms with van der Waals surface area (Å²) in [4.78, 5) is 40.4. The summed E-state index contributed by atoms with van der Waals surface area (Å²) in [6.07, 6.45) is -0.0555. The van der Waals surface area contributed by atoms with Crippen molar-refractivity contribution >= 4 is 23.9 Å². The highest BCUT2D eigenvalue weighted by Gasteiger charge is 2.33. The minimum Gasteiger partial charge on any atom is -0.444 e. The summed E-state index contributed by atoms with van der Waals surface area (Å²) >= 11 is 0. The third-order valence-corrected chi connectivity index (χ3v) is 4.69. The molecule has 1 aliphatic rings. The number of nitrogens with one attached hydrogen (secondary N) is 3. The SMILES string of the molecule is NC(=NCC[C@@H]1NC(=O)[C@H](Cc2ccccc2)NC1=O)NC(=O)OCc1ccccc1. The van der Waals surface area contributed by atoms with Crippen molar-refractivity contribution in [1.29, 1.82) is 0 Å². The Bertz CT molecular complexity index is 933. The molecule has 0 bridgehead atoms. The summed E-state index contributed by atoms with van der Waals surface area (Å²) in [7, 11) is 0. The maximum Gasteiger partial charge on any atom is 0.414 e. The van der Waals surface area contributed by atoms with E-state index in [0.29, 0.717) is 6.42 Å². The number of nitrogens with two attached hydrogens (primary N) is 1. The van der Waals surface area contributed by atoms with Gasteiger partial charge in [-0.25, -0.2) is 4.79 Å². The van der Waals surface area contributed by atoms with Crippen LogP contribution in [-0.4, -0.2) is 42.5 Å². The van der Waals surface area contributed by atoms with Crippen molar-refractivity contribution in [3.05, 3.63) is 71.8 Å². The standard InChI is InChI=1S/C22H25N5O4/c23-21(27-22(30)31-14-16-9-5-2-6-10-16)24-12-11-17-19(28)26-18(20(29)25-17)13-15-7-3-1-4-8-15/h1-10,17-18H,11-14H2,(H,25,29)(H,26,28)(H3,23,24,27,30)/t17-,18-/m0/s1. The van der Waals surface area contributed by atoms with Gasteiger partial charge in [-0.3, -0.25) is 19.9 Å². The fourth-order valence-corrected chi connectivity index (χ4v) is 3.09. The monoisotopic (exact) mass is 423 g/mol. The van der Waals surface area contributed by atoms with Crippen molar-refractivity contribution in [1.82, 2.24) is 16.0 Å². The fourth-order valence-electron chi connectivity index (χ4n) is 3.09. The van der Waals surface area contributed by atoms with Crippen LogP contribution < -0.4 is 21.7 Å². The van der Waals surface area contributed by atoms with E-state index in [-0.39, 0.29) is 37.3 Å². The zero-order valence-electron chi connectivity index (χ0n) is 16.9. The molecule has 9 heteroatoms. The molecular weight excluding hydrogens is 398 g/mol. The number of guanidine groups is 1. The molecule has 1 saturated heterocycles. The van der Waals surface area contributed by atoms with E-state index >= 15 is 0 Å². The Kier molecular flexibility index (Phi) is 7.58. The largest absolute Gasteiger partial charge is 0.444 e. The number of hydrogen-bond donors (Lipinski definition) is 4. The minimum atomic E-state index is -0.724. The Morgan fingerprint density at radius 1 is 0.935 bits per heavy atom. The Balaban J connectivity index is 1.40.